The molecule has 0 saturated heterocycles. The Hall–Kier alpha value is -0.390. The lowest BCUT2D eigenvalue weighted by Crippen LogP contribution is -2.35. The zero-order valence-corrected chi connectivity index (χ0v) is 14.4. The molecule has 2 N–H and O–H groups in total. The van der Waals surface area contributed by atoms with Crippen LogP contribution in [0.15, 0.2) is 27.1 Å². The van der Waals surface area contributed by atoms with E-state index < -0.39 is 0 Å². The summed E-state index contributed by atoms with van der Waals surface area (Å²) in [4.78, 5) is 12.2. The largest absolute Gasteiger partial charge is 0.396 e. The van der Waals surface area contributed by atoms with Crippen LogP contribution < -0.4 is 5.32 Å². The third kappa shape index (κ3) is 4.06. The molecule has 2 atom stereocenters. The monoisotopic (exact) mass is 403 g/mol. The molecule has 3 nitrogen and oxygen atoms in total. The predicted octanol–water partition coefficient (Wildman–Crippen LogP) is 3.74. The molecule has 2 unspecified atom stereocenters. The van der Waals surface area contributed by atoms with Crippen LogP contribution in [-0.4, -0.2) is 24.2 Å². The number of halogens is 2. The van der Waals surface area contributed by atoms with Crippen molar-refractivity contribution in [1.29, 1.82) is 0 Å². The Morgan fingerprint density at radius 1 is 1.25 bits per heavy atom. The summed E-state index contributed by atoms with van der Waals surface area (Å²) in [5.74, 6) is 0.652. The summed E-state index contributed by atoms with van der Waals surface area (Å²) in [6.07, 6.45) is 4.53. The quantitative estimate of drug-likeness (QED) is 0.802. The molecule has 1 amide bonds. The van der Waals surface area contributed by atoms with Gasteiger partial charge in [0.1, 0.15) is 0 Å². The Morgan fingerprint density at radius 3 is 2.65 bits per heavy atom. The minimum absolute atomic E-state index is 0.0690. The predicted molar refractivity (Wildman–Crippen MR) is 86.7 cm³/mol. The third-order valence-corrected chi connectivity index (χ3v) is 5.18. The Labute approximate surface area is 136 Å². The van der Waals surface area contributed by atoms with Crippen molar-refractivity contribution in [2.24, 2.45) is 11.8 Å². The van der Waals surface area contributed by atoms with Gasteiger partial charge >= 0.3 is 0 Å². The maximum absolute atomic E-state index is 12.2. The maximum atomic E-state index is 12.2. The van der Waals surface area contributed by atoms with Gasteiger partial charge in [-0.25, -0.2) is 0 Å². The smallest absolute Gasteiger partial charge is 0.252 e. The van der Waals surface area contributed by atoms with Crippen molar-refractivity contribution in [3.8, 4) is 0 Å². The second-order valence-electron chi connectivity index (χ2n) is 5.32. The van der Waals surface area contributed by atoms with Crippen LogP contribution in [0.1, 0.15) is 36.0 Å². The van der Waals surface area contributed by atoms with E-state index in [0.717, 1.165) is 21.8 Å². The fraction of sp³-hybridized carbons (Fsp3) is 0.533. The Balaban J connectivity index is 1.96. The minimum atomic E-state index is -0.0690. The van der Waals surface area contributed by atoms with Gasteiger partial charge in [-0.05, 0) is 58.8 Å². The number of hydrogen-bond acceptors (Lipinski definition) is 2. The average molecular weight is 405 g/mol. The Morgan fingerprint density at radius 2 is 1.95 bits per heavy atom. The number of amides is 1. The van der Waals surface area contributed by atoms with Gasteiger partial charge in [-0.2, -0.15) is 0 Å². The van der Waals surface area contributed by atoms with Crippen molar-refractivity contribution >= 4 is 37.8 Å². The number of aliphatic hydroxyl groups excluding tert-OH is 1. The van der Waals surface area contributed by atoms with Crippen molar-refractivity contribution in [1.82, 2.24) is 5.32 Å². The molecule has 0 aliphatic heterocycles. The Bertz CT molecular complexity index is 479. The number of aliphatic hydroxyl groups is 1. The summed E-state index contributed by atoms with van der Waals surface area (Å²) in [5, 5.41) is 12.4. The summed E-state index contributed by atoms with van der Waals surface area (Å²) >= 11 is 6.78. The van der Waals surface area contributed by atoms with E-state index in [-0.39, 0.29) is 12.5 Å². The number of carbonyl (C=O) groups excluding carboxylic acids is 1. The van der Waals surface area contributed by atoms with Gasteiger partial charge in [0, 0.05) is 22.1 Å². The third-order valence-electron chi connectivity index (χ3n) is 4.00. The van der Waals surface area contributed by atoms with Gasteiger partial charge in [0.05, 0.1) is 5.56 Å². The van der Waals surface area contributed by atoms with Gasteiger partial charge in [0.15, 0.2) is 0 Å². The molecule has 2 rings (SSSR count). The lowest BCUT2D eigenvalue weighted by Gasteiger charge is -2.30. The molecule has 5 heteroatoms. The van der Waals surface area contributed by atoms with Crippen LogP contribution in [0, 0.1) is 11.8 Å². The fourth-order valence-electron chi connectivity index (χ4n) is 2.78. The molecule has 0 spiro atoms. The van der Waals surface area contributed by atoms with Gasteiger partial charge in [-0.15, -0.1) is 0 Å². The van der Waals surface area contributed by atoms with Crippen molar-refractivity contribution in [2.75, 3.05) is 13.2 Å². The molecule has 1 aromatic rings. The molecule has 0 aromatic heterocycles. The lowest BCUT2D eigenvalue weighted by molar-refractivity contribution is 0.0908. The standard InChI is InChI=1S/C15H19Br2NO2/c16-12-5-6-14(17)13(7-12)15(20)18-8-10-3-1-2-4-11(10)9-19/h5-7,10-11,19H,1-4,8-9H2,(H,18,20). The molecule has 20 heavy (non-hydrogen) atoms. The Kier molecular flexibility index (Phi) is 6.05. The number of nitrogens with one attached hydrogen (secondary N) is 1. The van der Waals surface area contributed by atoms with Crippen molar-refractivity contribution in [3.05, 3.63) is 32.7 Å². The van der Waals surface area contributed by atoms with Crippen LogP contribution in [0.2, 0.25) is 0 Å². The molecule has 1 fully saturated rings. The van der Waals surface area contributed by atoms with E-state index in [0.29, 0.717) is 23.9 Å². The second-order valence-corrected chi connectivity index (χ2v) is 7.09. The average Bonchev–Trinajstić information content (AvgIpc) is 2.47. The zero-order chi connectivity index (χ0) is 14.5. The van der Waals surface area contributed by atoms with Crippen LogP contribution in [0.25, 0.3) is 0 Å². The summed E-state index contributed by atoms with van der Waals surface area (Å²) in [6, 6.07) is 5.56. The highest BCUT2D eigenvalue weighted by atomic mass is 79.9. The molecule has 1 aromatic carbocycles. The fourth-order valence-corrected chi connectivity index (χ4v) is 3.57. The summed E-state index contributed by atoms with van der Waals surface area (Å²) in [7, 11) is 0. The first-order chi connectivity index (χ1) is 9.61. The molecule has 1 aliphatic carbocycles. The van der Waals surface area contributed by atoms with Crippen LogP contribution in [0.3, 0.4) is 0 Å². The minimum Gasteiger partial charge on any atom is -0.396 e. The van der Waals surface area contributed by atoms with Crippen molar-refractivity contribution < 1.29 is 9.90 Å². The number of hydrogen-bond donors (Lipinski definition) is 2. The van der Waals surface area contributed by atoms with Gasteiger partial charge in [0.2, 0.25) is 0 Å². The maximum Gasteiger partial charge on any atom is 0.252 e. The zero-order valence-electron chi connectivity index (χ0n) is 11.2. The van der Waals surface area contributed by atoms with E-state index >= 15 is 0 Å². The van der Waals surface area contributed by atoms with Gasteiger partial charge in [0.25, 0.3) is 5.91 Å². The number of benzene rings is 1. The van der Waals surface area contributed by atoms with Crippen LogP contribution in [0.5, 0.6) is 0 Å². The highest BCUT2D eigenvalue weighted by Crippen LogP contribution is 2.29. The van der Waals surface area contributed by atoms with Crippen LogP contribution >= 0.6 is 31.9 Å². The first-order valence-corrected chi connectivity index (χ1v) is 8.54. The molecule has 110 valence electrons. The number of carbonyl (C=O) groups is 1. The van der Waals surface area contributed by atoms with E-state index in [2.05, 4.69) is 37.2 Å². The molecule has 1 aliphatic rings. The van der Waals surface area contributed by atoms with E-state index in [1.807, 2.05) is 18.2 Å². The van der Waals surface area contributed by atoms with Crippen molar-refractivity contribution in [3.63, 3.8) is 0 Å². The highest BCUT2D eigenvalue weighted by Gasteiger charge is 2.25. The topological polar surface area (TPSA) is 49.3 Å². The first kappa shape index (κ1) is 16.0. The van der Waals surface area contributed by atoms with Gasteiger partial charge in [-0.1, -0.05) is 28.8 Å². The van der Waals surface area contributed by atoms with E-state index in [1.54, 1.807) is 0 Å². The molecule has 0 bridgehead atoms. The van der Waals surface area contributed by atoms with Gasteiger partial charge < -0.3 is 10.4 Å². The molecule has 1 saturated carbocycles. The summed E-state index contributed by atoms with van der Waals surface area (Å²) in [6.45, 7) is 0.865. The normalized spacial score (nSPS) is 22.6. The van der Waals surface area contributed by atoms with Crippen LogP contribution in [-0.2, 0) is 0 Å². The molecular formula is C15H19Br2NO2. The summed E-state index contributed by atoms with van der Waals surface area (Å²) in [5.41, 5.74) is 0.635. The van der Waals surface area contributed by atoms with E-state index in [4.69, 9.17) is 0 Å². The summed E-state index contributed by atoms with van der Waals surface area (Å²) < 4.78 is 1.68. The highest BCUT2D eigenvalue weighted by molar-refractivity contribution is 9.11. The van der Waals surface area contributed by atoms with Crippen molar-refractivity contribution in [2.45, 2.75) is 25.7 Å². The van der Waals surface area contributed by atoms with E-state index in [1.165, 1.54) is 12.8 Å². The number of rotatable bonds is 4. The lowest BCUT2D eigenvalue weighted by atomic mass is 9.79. The molecular weight excluding hydrogens is 386 g/mol. The van der Waals surface area contributed by atoms with E-state index in [9.17, 15) is 9.90 Å². The van der Waals surface area contributed by atoms with Gasteiger partial charge in [-0.3, -0.25) is 4.79 Å². The second kappa shape index (κ2) is 7.57. The first-order valence-electron chi connectivity index (χ1n) is 6.96. The SMILES string of the molecule is O=C(NCC1CCCCC1CO)c1cc(Br)ccc1Br. The molecule has 0 radical (unpaired) electrons. The van der Waals surface area contributed by atoms with Crippen LogP contribution in [0.4, 0.5) is 0 Å². The molecule has 0 heterocycles.